The summed E-state index contributed by atoms with van der Waals surface area (Å²) in [6.45, 7) is 0.396. The van der Waals surface area contributed by atoms with Crippen molar-refractivity contribution in [2.45, 2.75) is 92.4 Å². The number of fused-ring (bicyclic) bond motifs is 3. The van der Waals surface area contributed by atoms with Gasteiger partial charge in [0.2, 0.25) is 6.29 Å². The SMILES string of the molecule is COc1ccc(C=CC(=O)OC2C(O)C(C)OC(OC3C4C=COC(OC5OC(CO)C(O)C(O)C5O)C4C4(CO)OC34)C2O)cc1. The lowest BCUT2D eigenvalue weighted by Gasteiger charge is -2.44. The van der Waals surface area contributed by atoms with Crippen molar-refractivity contribution in [2.75, 3.05) is 20.3 Å². The van der Waals surface area contributed by atoms with E-state index in [1.165, 1.54) is 26.4 Å². The molecule has 47 heavy (non-hydrogen) atoms. The number of ether oxygens (including phenoxy) is 8. The van der Waals surface area contributed by atoms with Crippen molar-refractivity contribution >= 4 is 12.0 Å². The lowest BCUT2D eigenvalue weighted by Crippen LogP contribution is -2.60. The van der Waals surface area contributed by atoms with Crippen molar-refractivity contribution in [1.29, 1.82) is 0 Å². The molecule has 7 N–H and O–H groups in total. The molecule has 16 nitrogen and oxygen atoms in total. The van der Waals surface area contributed by atoms with Gasteiger partial charge in [0.25, 0.3) is 0 Å². The van der Waals surface area contributed by atoms with Crippen LogP contribution in [0.2, 0.25) is 0 Å². The predicted octanol–water partition coefficient (Wildman–Crippen LogP) is -2.47. The zero-order chi connectivity index (χ0) is 33.6. The Morgan fingerprint density at radius 3 is 2.30 bits per heavy atom. The van der Waals surface area contributed by atoms with E-state index in [1.807, 2.05) is 0 Å². The van der Waals surface area contributed by atoms with Gasteiger partial charge < -0.3 is 73.6 Å². The number of aliphatic hydroxyl groups is 7. The van der Waals surface area contributed by atoms with E-state index in [0.29, 0.717) is 11.3 Å². The van der Waals surface area contributed by atoms with E-state index in [4.69, 9.17) is 37.9 Å². The molecule has 3 saturated heterocycles. The van der Waals surface area contributed by atoms with Crippen LogP contribution in [0.4, 0.5) is 0 Å². The molecule has 0 aromatic heterocycles. The maximum absolute atomic E-state index is 12.7. The number of hydrogen-bond donors (Lipinski definition) is 7. The summed E-state index contributed by atoms with van der Waals surface area (Å²) < 4.78 is 45.6. The van der Waals surface area contributed by atoms with E-state index in [-0.39, 0.29) is 0 Å². The van der Waals surface area contributed by atoms with Crippen LogP contribution in [0.5, 0.6) is 5.75 Å². The molecule has 16 unspecified atom stereocenters. The molecule has 5 aliphatic rings. The smallest absolute Gasteiger partial charge is 0.331 e. The first-order valence-electron chi connectivity index (χ1n) is 15.3. The molecule has 0 amide bonds. The highest BCUT2D eigenvalue weighted by Gasteiger charge is 2.77. The van der Waals surface area contributed by atoms with E-state index < -0.39 is 117 Å². The second-order valence-corrected chi connectivity index (χ2v) is 12.2. The van der Waals surface area contributed by atoms with Crippen LogP contribution < -0.4 is 4.74 Å². The van der Waals surface area contributed by atoms with Crippen molar-refractivity contribution in [2.24, 2.45) is 11.8 Å². The third kappa shape index (κ3) is 6.29. The van der Waals surface area contributed by atoms with Gasteiger partial charge in [0, 0.05) is 12.0 Å². The fourth-order valence-corrected chi connectivity index (χ4v) is 6.77. The monoisotopic (exact) mass is 668 g/mol. The zero-order valence-corrected chi connectivity index (χ0v) is 25.5. The van der Waals surface area contributed by atoms with Gasteiger partial charge in [0.05, 0.1) is 44.7 Å². The lowest BCUT2D eigenvalue weighted by molar-refractivity contribution is -0.347. The number of hydrogen-bond acceptors (Lipinski definition) is 16. The molecule has 16 heteroatoms. The second-order valence-electron chi connectivity index (χ2n) is 12.2. The summed E-state index contributed by atoms with van der Waals surface area (Å²) in [4.78, 5) is 12.7. The van der Waals surface area contributed by atoms with Crippen LogP contribution in [0.15, 0.2) is 42.7 Å². The number of epoxide rings is 1. The Morgan fingerprint density at radius 1 is 0.894 bits per heavy atom. The summed E-state index contributed by atoms with van der Waals surface area (Å²) in [5.74, 6) is -1.48. The number of aliphatic hydroxyl groups excluding tert-OH is 7. The van der Waals surface area contributed by atoms with Gasteiger partial charge in [0.1, 0.15) is 54.1 Å². The largest absolute Gasteiger partial charge is 0.497 e. The van der Waals surface area contributed by atoms with E-state index in [0.717, 1.165) is 6.08 Å². The Kier molecular flexibility index (Phi) is 9.93. The van der Waals surface area contributed by atoms with E-state index in [1.54, 1.807) is 30.3 Å². The third-order valence-corrected chi connectivity index (χ3v) is 9.45. The van der Waals surface area contributed by atoms with Gasteiger partial charge in [-0.05, 0) is 36.8 Å². The average Bonchev–Trinajstić information content (AvgIpc) is 3.75. The predicted molar refractivity (Wildman–Crippen MR) is 154 cm³/mol. The molecule has 1 aromatic rings. The molecule has 16 atom stereocenters. The lowest BCUT2D eigenvalue weighted by atomic mass is 9.85. The molecule has 1 aromatic carbocycles. The van der Waals surface area contributed by atoms with Gasteiger partial charge in [-0.15, -0.1) is 0 Å². The minimum absolute atomic E-state index is 0.478. The minimum Gasteiger partial charge on any atom is -0.497 e. The summed E-state index contributed by atoms with van der Waals surface area (Å²) in [5, 5.41) is 72.7. The van der Waals surface area contributed by atoms with Gasteiger partial charge >= 0.3 is 5.97 Å². The molecule has 4 fully saturated rings. The molecular weight excluding hydrogens is 628 g/mol. The van der Waals surface area contributed by atoms with Gasteiger partial charge in [-0.2, -0.15) is 0 Å². The molecule has 4 aliphatic heterocycles. The summed E-state index contributed by atoms with van der Waals surface area (Å²) in [6, 6.07) is 6.91. The molecule has 1 aliphatic carbocycles. The van der Waals surface area contributed by atoms with Crippen LogP contribution >= 0.6 is 0 Å². The van der Waals surface area contributed by atoms with Gasteiger partial charge in [-0.3, -0.25) is 0 Å². The van der Waals surface area contributed by atoms with Crippen LogP contribution in [0, 0.1) is 11.8 Å². The zero-order valence-electron chi connectivity index (χ0n) is 25.5. The topological polar surface area (TPSA) is 236 Å². The number of carbonyl (C=O) groups excluding carboxylic acids is 1. The Labute approximate surface area is 269 Å². The fourth-order valence-electron chi connectivity index (χ4n) is 6.77. The molecule has 260 valence electrons. The fraction of sp³-hybridized carbons (Fsp3) is 0.645. The molecule has 1 saturated carbocycles. The Hall–Kier alpha value is -2.71. The first kappa shape index (κ1) is 34.2. The van der Waals surface area contributed by atoms with Crippen molar-refractivity contribution in [3.05, 3.63) is 48.2 Å². The molecular formula is C31H40O16. The van der Waals surface area contributed by atoms with Gasteiger partial charge in [-0.1, -0.05) is 12.1 Å². The van der Waals surface area contributed by atoms with Crippen LogP contribution in [0.25, 0.3) is 6.08 Å². The van der Waals surface area contributed by atoms with Gasteiger partial charge in [0.15, 0.2) is 18.7 Å². The highest BCUT2D eigenvalue weighted by molar-refractivity contribution is 5.87. The van der Waals surface area contributed by atoms with Crippen LogP contribution in [0.3, 0.4) is 0 Å². The summed E-state index contributed by atoms with van der Waals surface area (Å²) in [6.07, 6.45) is -11.5. The highest BCUT2D eigenvalue weighted by atomic mass is 16.8. The Balaban J connectivity index is 1.14. The highest BCUT2D eigenvalue weighted by Crippen LogP contribution is 2.61. The summed E-state index contributed by atoms with van der Waals surface area (Å²) in [7, 11) is 1.54. The van der Waals surface area contributed by atoms with Crippen molar-refractivity contribution in [1.82, 2.24) is 0 Å². The first-order chi connectivity index (χ1) is 22.5. The molecule has 0 spiro atoms. The van der Waals surface area contributed by atoms with Crippen LogP contribution in [0.1, 0.15) is 12.5 Å². The van der Waals surface area contributed by atoms with Crippen LogP contribution in [-0.2, 0) is 38.0 Å². The number of rotatable bonds is 10. The summed E-state index contributed by atoms with van der Waals surface area (Å²) in [5.41, 5.74) is -0.529. The molecule has 6 rings (SSSR count). The Bertz CT molecular complexity index is 1300. The summed E-state index contributed by atoms with van der Waals surface area (Å²) >= 11 is 0. The molecule has 4 heterocycles. The van der Waals surface area contributed by atoms with E-state index >= 15 is 0 Å². The van der Waals surface area contributed by atoms with Crippen LogP contribution in [-0.4, -0.2) is 148 Å². The minimum atomic E-state index is -1.69. The number of esters is 1. The Morgan fingerprint density at radius 2 is 1.62 bits per heavy atom. The first-order valence-corrected chi connectivity index (χ1v) is 15.3. The normalized spacial score (nSPS) is 45.6. The van der Waals surface area contributed by atoms with E-state index in [2.05, 4.69) is 0 Å². The van der Waals surface area contributed by atoms with Crippen molar-refractivity contribution < 1.29 is 78.4 Å². The van der Waals surface area contributed by atoms with Gasteiger partial charge in [-0.25, -0.2) is 4.79 Å². The van der Waals surface area contributed by atoms with Crippen molar-refractivity contribution in [3.8, 4) is 5.75 Å². The number of methoxy groups -OCH3 is 1. The maximum atomic E-state index is 12.7. The maximum Gasteiger partial charge on any atom is 0.331 e. The number of benzene rings is 1. The third-order valence-electron chi connectivity index (χ3n) is 9.45. The average molecular weight is 669 g/mol. The molecule has 0 bridgehead atoms. The molecule has 0 radical (unpaired) electrons. The number of carbonyl (C=O) groups is 1. The quantitative estimate of drug-likeness (QED) is 0.0777. The van der Waals surface area contributed by atoms with Crippen molar-refractivity contribution in [3.63, 3.8) is 0 Å². The second kappa shape index (κ2) is 13.7. The standard InChI is InChI=1S/C31H40O16/c1-13-20(35)26(44-18(34)8-5-14-3-6-15(40-2)7-4-14)24(39)30(42-13)45-25-16-9-10-41-28(19(16)31(12-33)27(25)47-31)46-29-23(38)22(37)21(36)17(11-32)43-29/h3-10,13,16-17,19-30,32-33,35-39H,11-12H2,1-2H3. The van der Waals surface area contributed by atoms with E-state index in [9.17, 15) is 40.5 Å².